The third-order valence-electron chi connectivity index (χ3n) is 3.97. The highest BCUT2D eigenvalue weighted by Gasteiger charge is 2.17. The number of aromatic nitrogens is 3. The van der Waals surface area contributed by atoms with Crippen LogP contribution in [0.5, 0.6) is 5.75 Å². The number of anilines is 1. The summed E-state index contributed by atoms with van der Waals surface area (Å²) in [6.45, 7) is 0. The first kappa shape index (κ1) is 14.7. The maximum absolute atomic E-state index is 9.52. The van der Waals surface area contributed by atoms with Crippen molar-refractivity contribution in [1.82, 2.24) is 14.4 Å². The average Bonchev–Trinajstić information content (AvgIpc) is 3.03. The van der Waals surface area contributed by atoms with Gasteiger partial charge in [-0.25, -0.2) is 9.97 Å². The molecule has 2 aromatic heterocycles. The van der Waals surface area contributed by atoms with E-state index >= 15 is 0 Å². The van der Waals surface area contributed by atoms with Gasteiger partial charge in [0.05, 0.1) is 11.6 Å². The lowest BCUT2D eigenvalue weighted by atomic mass is 10.1. The Morgan fingerprint density at radius 1 is 1.08 bits per heavy atom. The number of nitriles is 1. The zero-order valence-electron chi connectivity index (χ0n) is 13.1. The summed E-state index contributed by atoms with van der Waals surface area (Å²) in [4.78, 5) is 8.91. The number of benzene rings is 2. The molecule has 6 heteroatoms. The van der Waals surface area contributed by atoms with E-state index in [1.54, 1.807) is 48.8 Å². The van der Waals surface area contributed by atoms with Gasteiger partial charge in [-0.3, -0.25) is 4.40 Å². The molecule has 6 nitrogen and oxygen atoms in total. The number of fused-ring (bicyclic) bond motifs is 1. The van der Waals surface area contributed by atoms with Crippen LogP contribution in [-0.4, -0.2) is 19.5 Å². The standard InChI is InChI=1S/C19H13N5O/c20-11-12-2-1-3-14(10-12)19-23-16(13-4-6-15(25)7-5-13)17-18(21)22-8-9-24(17)19/h1-10,25H,(H2,21,22). The molecule has 0 aliphatic carbocycles. The Morgan fingerprint density at radius 2 is 1.88 bits per heavy atom. The molecule has 0 saturated carbocycles. The number of nitrogens with two attached hydrogens (primary N) is 1. The number of imidazole rings is 1. The number of nitrogens with zero attached hydrogens (tertiary/aromatic N) is 4. The molecule has 0 saturated heterocycles. The third-order valence-corrected chi connectivity index (χ3v) is 3.97. The fourth-order valence-corrected chi connectivity index (χ4v) is 2.82. The monoisotopic (exact) mass is 327 g/mol. The van der Waals surface area contributed by atoms with Gasteiger partial charge in [0.15, 0.2) is 0 Å². The molecular formula is C19H13N5O. The van der Waals surface area contributed by atoms with Crippen LogP contribution in [0.4, 0.5) is 5.82 Å². The molecule has 25 heavy (non-hydrogen) atoms. The zero-order chi connectivity index (χ0) is 17.4. The number of aromatic hydroxyl groups is 1. The summed E-state index contributed by atoms with van der Waals surface area (Å²) < 4.78 is 1.86. The smallest absolute Gasteiger partial charge is 0.150 e. The van der Waals surface area contributed by atoms with Crippen molar-refractivity contribution in [1.29, 1.82) is 5.26 Å². The maximum atomic E-state index is 9.52. The van der Waals surface area contributed by atoms with Crippen LogP contribution in [0.15, 0.2) is 60.9 Å². The van der Waals surface area contributed by atoms with E-state index < -0.39 is 0 Å². The molecule has 0 atom stereocenters. The highest BCUT2D eigenvalue weighted by molar-refractivity contribution is 5.88. The first-order chi connectivity index (χ1) is 12.2. The van der Waals surface area contributed by atoms with E-state index in [2.05, 4.69) is 11.1 Å². The fraction of sp³-hybridized carbons (Fsp3) is 0. The van der Waals surface area contributed by atoms with Gasteiger partial charge in [0.25, 0.3) is 0 Å². The minimum atomic E-state index is 0.181. The van der Waals surface area contributed by atoms with Gasteiger partial charge in [0.2, 0.25) is 0 Å². The highest BCUT2D eigenvalue weighted by Crippen LogP contribution is 2.32. The lowest BCUT2D eigenvalue weighted by molar-refractivity contribution is 0.475. The summed E-state index contributed by atoms with van der Waals surface area (Å²) in [6.07, 6.45) is 3.40. The molecule has 4 aromatic rings. The number of hydrogen-bond donors (Lipinski definition) is 2. The zero-order valence-corrected chi connectivity index (χ0v) is 13.1. The van der Waals surface area contributed by atoms with Crippen LogP contribution in [0.25, 0.3) is 28.2 Å². The lowest BCUT2D eigenvalue weighted by Gasteiger charge is -2.03. The van der Waals surface area contributed by atoms with Crippen LogP contribution in [0.3, 0.4) is 0 Å². The van der Waals surface area contributed by atoms with Crippen molar-refractivity contribution in [3.05, 3.63) is 66.5 Å². The van der Waals surface area contributed by atoms with Crippen LogP contribution in [0, 0.1) is 11.3 Å². The minimum absolute atomic E-state index is 0.181. The second kappa shape index (κ2) is 5.65. The van der Waals surface area contributed by atoms with Crippen molar-refractivity contribution < 1.29 is 5.11 Å². The minimum Gasteiger partial charge on any atom is -0.508 e. The van der Waals surface area contributed by atoms with Crippen LogP contribution >= 0.6 is 0 Å². The van der Waals surface area contributed by atoms with E-state index in [0.717, 1.165) is 11.1 Å². The van der Waals surface area contributed by atoms with Gasteiger partial charge in [-0.2, -0.15) is 5.26 Å². The van der Waals surface area contributed by atoms with Crippen molar-refractivity contribution in [2.24, 2.45) is 0 Å². The molecule has 2 heterocycles. The van der Waals surface area contributed by atoms with Crippen molar-refractivity contribution in [3.63, 3.8) is 0 Å². The molecule has 2 aromatic carbocycles. The Kier molecular flexibility index (Phi) is 3.33. The molecule has 0 aliphatic heterocycles. The quantitative estimate of drug-likeness (QED) is 0.589. The highest BCUT2D eigenvalue weighted by atomic mass is 16.3. The van der Waals surface area contributed by atoms with Crippen LogP contribution in [0.1, 0.15) is 5.56 Å². The van der Waals surface area contributed by atoms with Crippen LogP contribution in [-0.2, 0) is 0 Å². The summed E-state index contributed by atoms with van der Waals surface area (Å²) in [5.74, 6) is 1.21. The van der Waals surface area contributed by atoms with E-state index in [1.165, 1.54) is 0 Å². The van der Waals surface area contributed by atoms with E-state index in [0.29, 0.717) is 28.4 Å². The van der Waals surface area contributed by atoms with Crippen LogP contribution < -0.4 is 5.73 Å². The summed E-state index contributed by atoms with van der Waals surface area (Å²) in [5, 5.41) is 18.7. The summed E-state index contributed by atoms with van der Waals surface area (Å²) >= 11 is 0. The van der Waals surface area contributed by atoms with Gasteiger partial charge in [0.1, 0.15) is 28.6 Å². The molecule has 4 rings (SSSR count). The predicted molar refractivity (Wildman–Crippen MR) is 94.7 cm³/mol. The van der Waals surface area contributed by atoms with Gasteiger partial charge < -0.3 is 10.8 Å². The Balaban J connectivity index is 2.02. The lowest BCUT2D eigenvalue weighted by Crippen LogP contribution is -1.96. The molecule has 0 unspecified atom stereocenters. The second-order valence-corrected chi connectivity index (χ2v) is 5.55. The number of nitrogen functional groups attached to an aromatic ring is 1. The average molecular weight is 327 g/mol. The topological polar surface area (TPSA) is 100 Å². The predicted octanol–water partition coefficient (Wildman–Crippen LogP) is 3.22. The fourth-order valence-electron chi connectivity index (χ4n) is 2.82. The van der Waals surface area contributed by atoms with E-state index in [4.69, 9.17) is 16.0 Å². The molecule has 120 valence electrons. The first-order valence-electron chi connectivity index (χ1n) is 7.60. The van der Waals surface area contributed by atoms with Crippen molar-refractivity contribution in [2.45, 2.75) is 0 Å². The molecular weight excluding hydrogens is 314 g/mol. The van der Waals surface area contributed by atoms with E-state index in [1.807, 2.05) is 16.5 Å². The van der Waals surface area contributed by atoms with Gasteiger partial charge in [-0.1, -0.05) is 12.1 Å². The molecule has 0 amide bonds. The molecule has 0 fully saturated rings. The Morgan fingerprint density at radius 3 is 2.64 bits per heavy atom. The summed E-state index contributed by atoms with van der Waals surface area (Å²) in [6, 6.07) is 16.1. The number of rotatable bonds is 2. The van der Waals surface area contributed by atoms with E-state index in [9.17, 15) is 5.11 Å². The maximum Gasteiger partial charge on any atom is 0.150 e. The molecule has 0 spiro atoms. The van der Waals surface area contributed by atoms with Gasteiger partial charge in [0, 0.05) is 23.5 Å². The van der Waals surface area contributed by atoms with Gasteiger partial charge in [-0.05, 0) is 36.4 Å². The largest absolute Gasteiger partial charge is 0.508 e. The molecule has 0 radical (unpaired) electrons. The Bertz CT molecular complexity index is 1120. The summed E-state index contributed by atoms with van der Waals surface area (Å²) in [5.41, 5.74) is 9.64. The van der Waals surface area contributed by atoms with E-state index in [-0.39, 0.29) is 5.75 Å². The Labute approximate surface area is 143 Å². The number of hydrogen-bond acceptors (Lipinski definition) is 5. The van der Waals surface area contributed by atoms with Crippen molar-refractivity contribution in [3.8, 4) is 34.5 Å². The second-order valence-electron chi connectivity index (χ2n) is 5.55. The third kappa shape index (κ3) is 2.44. The normalized spacial score (nSPS) is 10.7. The van der Waals surface area contributed by atoms with Crippen LogP contribution in [0.2, 0.25) is 0 Å². The van der Waals surface area contributed by atoms with Crippen molar-refractivity contribution in [2.75, 3.05) is 5.73 Å². The molecule has 3 N–H and O–H groups in total. The first-order valence-corrected chi connectivity index (χ1v) is 7.60. The summed E-state index contributed by atoms with van der Waals surface area (Å²) in [7, 11) is 0. The molecule has 0 aliphatic rings. The number of phenols is 1. The van der Waals surface area contributed by atoms with Gasteiger partial charge in [-0.15, -0.1) is 0 Å². The Hall–Kier alpha value is -3.85. The number of phenolic OH excluding ortho intramolecular Hbond substituents is 1. The van der Waals surface area contributed by atoms with Crippen molar-refractivity contribution >= 4 is 11.3 Å². The SMILES string of the molecule is N#Cc1cccc(-c2nc(-c3ccc(O)cc3)c3c(N)nccn23)c1. The van der Waals surface area contributed by atoms with Gasteiger partial charge >= 0.3 is 0 Å². The molecule has 0 bridgehead atoms.